The summed E-state index contributed by atoms with van der Waals surface area (Å²) in [5, 5.41) is 3.05. The number of rotatable bonds is 9. The first-order valence-electron chi connectivity index (χ1n) is 8.67. The smallest absolute Gasteiger partial charge is 0.230 e. The Morgan fingerprint density at radius 3 is 2.32 bits per heavy atom. The molecular formula is C20H26BrN2OS+. The van der Waals surface area contributed by atoms with Crippen LogP contribution in [0.25, 0.3) is 0 Å². The van der Waals surface area contributed by atoms with E-state index in [-0.39, 0.29) is 5.91 Å². The number of quaternary nitrogens is 1. The van der Waals surface area contributed by atoms with Crippen molar-refractivity contribution in [2.24, 2.45) is 0 Å². The lowest BCUT2D eigenvalue weighted by Crippen LogP contribution is -3.10. The molecule has 25 heavy (non-hydrogen) atoms. The van der Waals surface area contributed by atoms with Gasteiger partial charge in [-0.1, -0.05) is 40.2 Å². The van der Waals surface area contributed by atoms with E-state index in [0.29, 0.717) is 12.3 Å². The summed E-state index contributed by atoms with van der Waals surface area (Å²) in [6.07, 6.45) is 0. The first-order chi connectivity index (χ1) is 12.1. The second-order valence-electron chi connectivity index (χ2n) is 5.92. The van der Waals surface area contributed by atoms with Crippen LogP contribution in [-0.2, 0) is 17.9 Å². The number of thioether (sulfide) groups is 1. The van der Waals surface area contributed by atoms with Crippen LogP contribution < -0.4 is 10.2 Å². The molecule has 0 atom stereocenters. The van der Waals surface area contributed by atoms with Crippen LogP contribution in [-0.4, -0.2) is 24.7 Å². The van der Waals surface area contributed by atoms with Gasteiger partial charge in [0.15, 0.2) is 0 Å². The number of hydrogen-bond donors (Lipinski definition) is 2. The molecule has 2 aromatic carbocycles. The number of benzene rings is 2. The lowest BCUT2D eigenvalue weighted by atomic mass is 10.1. The summed E-state index contributed by atoms with van der Waals surface area (Å²) in [6.45, 7) is 8.25. The quantitative estimate of drug-likeness (QED) is 0.609. The van der Waals surface area contributed by atoms with Gasteiger partial charge in [0.25, 0.3) is 0 Å². The molecule has 1 amide bonds. The van der Waals surface area contributed by atoms with Crippen LogP contribution >= 0.6 is 27.7 Å². The molecule has 0 aliphatic heterocycles. The molecular weight excluding hydrogens is 396 g/mol. The molecule has 0 fully saturated rings. The van der Waals surface area contributed by atoms with Crippen LogP contribution in [0.5, 0.6) is 0 Å². The van der Waals surface area contributed by atoms with Gasteiger partial charge in [-0.25, -0.2) is 0 Å². The maximum absolute atomic E-state index is 12.2. The van der Waals surface area contributed by atoms with E-state index in [1.165, 1.54) is 11.1 Å². The van der Waals surface area contributed by atoms with E-state index in [9.17, 15) is 4.79 Å². The molecule has 0 unspecified atom stereocenters. The van der Waals surface area contributed by atoms with Gasteiger partial charge in [0.2, 0.25) is 5.91 Å². The molecule has 0 saturated heterocycles. The average molecular weight is 422 g/mol. The third-order valence-electron chi connectivity index (χ3n) is 4.22. The van der Waals surface area contributed by atoms with Crippen molar-refractivity contribution in [3.8, 4) is 0 Å². The lowest BCUT2D eigenvalue weighted by Gasteiger charge is -2.18. The minimum Gasteiger partial charge on any atom is -0.351 e. The van der Waals surface area contributed by atoms with Crippen molar-refractivity contribution in [3.05, 3.63) is 64.1 Å². The van der Waals surface area contributed by atoms with E-state index in [1.807, 2.05) is 30.3 Å². The van der Waals surface area contributed by atoms with E-state index in [2.05, 4.69) is 53.3 Å². The number of hydrogen-bond acceptors (Lipinski definition) is 2. The molecule has 5 heteroatoms. The number of carbonyl (C=O) groups excluding carboxylic acids is 1. The number of halogens is 1. The minimum atomic E-state index is 0.0675. The molecule has 0 aliphatic rings. The van der Waals surface area contributed by atoms with Crippen LogP contribution in [0, 0.1) is 0 Å². The monoisotopic (exact) mass is 421 g/mol. The van der Waals surface area contributed by atoms with Crippen molar-refractivity contribution in [2.75, 3.05) is 18.8 Å². The Morgan fingerprint density at radius 2 is 1.68 bits per heavy atom. The summed E-state index contributed by atoms with van der Waals surface area (Å²) >= 11 is 4.98. The van der Waals surface area contributed by atoms with Gasteiger partial charge >= 0.3 is 0 Å². The molecule has 0 aromatic heterocycles. The minimum absolute atomic E-state index is 0.0675. The first kappa shape index (κ1) is 20.0. The van der Waals surface area contributed by atoms with Gasteiger partial charge in [-0.15, -0.1) is 11.8 Å². The zero-order valence-electron chi connectivity index (χ0n) is 14.8. The summed E-state index contributed by atoms with van der Waals surface area (Å²) in [5.41, 5.74) is 2.53. The summed E-state index contributed by atoms with van der Waals surface area (Å²) in [5.74, 6) is 0.503. The Hall–Kier alpha value is -1.30. The van der Waals surface area contributed by atoms with E-state index >= 15 is 0 Å². The Balaban J connectivity index is 1.85. The van der Waals surface area contributed by atoms with Crippen molar-refractivity contribution >= 4 is 33.6 Å². The zero-order chi connectivity index (χ0) is 18.1. The SMILES string of the molecule is CC[NH+](CC)Cc1ccccc1CNC(=O)CSc1ccc(Br)cc1. The fourth-order valence-corrected chi connectivity index (χ4v) is 3.59. The van der Waals surface area contributed by atoms with Gasteiger partial charge in [-0.05, 0) is 43.7 Å². The second kappa shape index (κ2) is 10.6. The maximum Gasteiger partial charge on any atom is 0.230 e. The standard InChI is InChI=1S/C20H25BrN2OS/c1-3-23(4-2)14-17-8-6-5-7-16(17)13-22-20(24)15-25-19-11-9-18(21)10-12-19/h5-12H,3-4,13-15H2,1-2H3,(H,22,24)/p+1. The summed E-state index contributed by atoms with van der Waals surface area (Å²) in [4.78, 5) is 14.8. The van der Waals surface area contributed by atoms with Crippen molar-refractivity contribution in [1.29, 1.82) is 0 Å². The molecule has 2 aromatic rings. The molecule has 0 saturated carbocycles. The third-order valence-corrected chi connectivity index (χ3v) is 5.76. The number of nitrogens with one attached hydrogen (secondary N) is 2. The molecule has 0 bridgehead atoms. The van der Waals surface area contributed by atoms with Crippen molar-refractivity contribution in [3.63, 3.8) is 0 Å². The highest BCUT2D eigenvalue weighted by atomic mass is 79.9. The Bertz CT molecular complexity index is 672. The normalized spacial score (nSPS) is 10.9. The van der Waals surface area contributed by atoms with Crippen molar-refractivity contribution < 1.29 is 9.69 Å². The van der Waals surface area contributed by atoms with Crippen LogP contribution in [0.15, 0.2) is 57.9 Å². The van der Waals surface area contributed by atoms with Gasteiger partial charge in [-0.2, -0.15) is 0 Å². The Morgan fingerprint density at radius 1 is 1.04 bits per heavy atom. The molecule has 0 spiro atoms. The fourth-order valence-electron chi connectivity index (χ4n) is 2.60. The topological polar surface area (TPSA) is 33.5 Å². The van der Waals surface area contributed by atoms with E-state index < -0.39 is 0 Å². The van der Waals surface area contributed by atoms with Gasteiger partial charge in [-0.3, -0.25) is 4.79 Å². The van der Waals surface area contributed by atoms with Gasteiger partial charge in [0.05, 0.1) is 18.8 Å². The first-order valence-corrected chi connectivity index (χ1v) is 10.5. The largest absolute Gasteiger partial charge is 0.351 e. The highest BCUT2D eigenvalue weighted by molar-refractivity contribution is 9.10. The molecule has 2 N–H and O–H groups in total. The molecule has 3 nitrogen and oxygen atoms in total. The summed E-state index contributed by atoms with van der Waals surface area (Å²) < 4.78 is 1.05. The second-order valence-corrected chi connectivity index (χ2v) is 7.89. The van der Waals surface area contributed by atoms with Crippen molar-refractivity contribution in [2.45, 2.75) is 31.8 Å². The zero-order valence-corrected chi connectivity index (χ0v) is 17.3. The van der Waals surface area contributed by atoms with Crippen LogP contribution in [0.3, 0.4) is 0 Å². The van der Waals surface area contributed by atoms with Crippen LogP contribution in [0.4, 0.5) is 0 Å². The molecule has 2 rings (SSSR count). The van der Waals surface area contributed by atoms with Crippen molar-refractivity contribution in [1.82, 2.24) is 5.32 Å². The summed E-state index contributed by atoms with van der Waals surface area (Å²) in [6, 6.07) is 16.4. The van der Waals surface area contributed by atoms with Gasteiger partial charge in [0, 0.05) is 21.5 Å². The molecule has 0 heterocycles. The highest BCUT2D eigenvalue weighted by Crippen LogP contribution is 2.20. The Labute approximate surface area is 163 Å². The predicted molar refractivity (Wildman–Crippen MR) is 109 cm³/mol. The number of amides is 1. The van der Waals surface area contributed by atoms with Crippen LogP contribution in [0.2, 0.25) is 0 Å². The average Bonchev–Trinajstić information content (AvgIpc) is 2.64. The van der Waals surface area contributed by atoms with Gasteiger partial charge in [0.1, 0.15) is 6.54 Å². The molecule has 0 aliphatic carbocycles. The van der Waals surface area contributed by atoms with E-state index in [0.717, 1.165) is 29.0 Å². The van der Waals surface area contributed by atoms with E-state index in [4.69, 9.17) is 0 Å². The maximum atomic E-state index is 12.2. The fraction of sp³-hybridized carbons (Fsp3) is 0.350. The highest BCUT2D eigenvalue weighted by Gasteiger charge is 2.10. The number of carbonyl (C=O) groups is 1. The third kappa shape index (κ3) is 6.84. The van der Waals surface area contributed by atoms with E-state index in [1.54, 1.807) is 16.7 Å². The molecule has 134 valence electrons. The predicted octanol–water partition coefficient (Wildman–Crippen LogP) is 3.28. The lowest BCUT2D eigenvalue weighted by molar-refractivity contribution is -0.910. The summed E-state index contributed by atoms with van der Waals surface area (Å²) in [7, 11) is 0. The van der Waals surface area contributed by atoms with Crippen LogP contribution in [0.1, 0.15) is 25.0 Å². The van der Waals surface area contributed by atoms with Gasteiger partial charge < -0.3 is 10.2 Å². The molecule has 0 radical (unpaired) electrons. The Kier molecular flexibility index (Phi) is 8.52.